The fourth-order valence-electron chi connectivity index (χ4n) is 2.20. The van der Waals surface area contributed by atoms with Gasteiger partial charge in [-0.3, -0.25) is 4.79 Å². The number of amides is 2. The van der Waals surface area contributed by atoms with E-state index in [9.17, 15) is 9.59 Å². The van der Waals surface area contributed by atoms with Crippen LogP contribution in [0, 0.1) is 5.92 Å². The summed E-state index contributed by atoms with van der Waals surface area (Å²) < 4.78 is 1.83. The molecule has 2 amide bonds. The molecule has 0 bridgehead atoms. The molecular weight excluding hydrogens is 248 g/mol. The summed E-state index contributed by atoms with van der Waals surface area (Å²) in [5.74, 6) is -0.519. The van der Waals surface area contributed by atoms with E-state index in [4.69, 9.17) is 5.11 Å². The Kier molecular flexibility index (Phi) is 4.03. The van der Waals surface area contributed by atoms with Crippen molar-refractivity contribution in [1.29, 1.82) is 0 Å². The van der Waals surface area contributed by atoms with Crippen molar-refractivity contribution >= 4 is 12.0 Å². The van der Waals surface area contributed by atoms with E-state index >= 15 is 0 Å². The zero-order valence-electron chi connectivity index (χ0n) is 10.9. The number of carboxylic acid groups (broad SMARTS) is 1. The summed E-state index contributed by atoms with van der Waals surface area (Å²) in [4.78, 5) is 28.6. The third kappa shape index (κ3) is 3.24. The summed E-state index contributed by atoms with van der Waals surface area (Å²) >= 11 is 0. The second-order valence-corrected chi connectivity index (χ2v) is 4.74. The van der Waals surface area contributed by atoms with Gasteiger partial charge in [-0.15, -0.1) is 0 Å². The Labute approximate surface area is 111 Å². The number of piperidine rings is 1. The highest BCUT2D eigenvalue weighted by Gasteiger charge is 2.27. The number of carbonyl (C=O) groups is 2. The number of rotatable bonds is 3. The molecule has 0 aliphatic carbocycles. The minimum atomic E-state index is -0.832. The summed E-state index contributed by atoms with van der Waals surface area (Å²) in [6.45, 7) is 1.23. The quantitative estimate of drug-likeness (QED) is 0.830. The molecule has 1 saturated heterocycles. The Bertz CT molecular complexity index is 471. The molecule has 19 heavy (non-hydrogen) atoms. The van der Waals surface area contributed by atoms with Crippen molar-refractivity contribution in [3.05, 3.63) is 18.2 Å². The van der Waals surface area contributed by atoms with Crippen molar-refractivity contribution < 1.29 is 14.7 Å². The maximum atomic E-state index is 12.0. The molecule has 104 valence electrons. The highest BCUT2D eigenvalue weighted by Crippen LogP contribution is 2.16. The molecule has 2 N–H and O–H groups in total. The van der Waals surface area contributed by atoms with Gasteiger partial charge >= 0.3 is 12.0 Å². The highest BCUT2D eigenvalue weighted by atomic mass is 16.4. The fraction of sp³-hybridized carbons (Fsp3) is 0.583. The molecule has 0 aromatic carbocycles. The summed E-state index contributed by atoms with van der Waals surface area (Å²) in [5.41, 5.74) is 0. The summed E-state index contributed by atoms with van der Waals surface area (Å²) in [6, 6.07) is -0.228. The zero-order valence-corrected chi connectivity index (χ0v) is 10.9. The van der Waals surface area contributed by atoms with Crippen LogP contribution >= 0.6 is 0 Å². The molecule has 7 nitrogen and oxygen atoms in total. The van der Waals surface area contributed by atoms with Gasteiger partial charge in [-0.05, 0) is 12.8 Å². The van der Waals surface area contributed by atoms with E-state index in [-0.39, 0.29) is 12.6 Å². The van der Waals surface area contributed by atoms with Crippen molar-refractivity contribution in [2.75, 3.05) is 13.1 Å². The molecule has 7 heteroatoms. The molecule has 1 aliphatic heterocycles. The van der Waals surface area contributed by atoms with Crippen molar-refractivity contribution in [3.8, 4) is 0 Å². The highest BCUT2D eigenvalue weighted by molar-refractivity contribution is 5.76. The second kappa shape index (κ2) is 5.73. The number of likely N-dealkylation sites (tertiary alicyclic amines) is 1. The van der Waals surface area contributed by atoms with Gasteiger partial charge in [-0.2, -0.15) is 0 Å². The predicted molar refractivity (Wildman–Crippen MR) is 67.4 cm³/mol. The van der Waals surface area contributed by atoms with Crippen LogP contribution in [0.5, 0.6) is 0 Å². The number of imidazole rings is 1. The van der Waals surface area contributed by atoms with Crippen LogP contribution in [0.1, 0.15) is 18.7 Å². The van der Waals surface area contributed by atoms with Gasteiger partial charge in [0, 0.05) is 32.5 Å². The number of aryl methyl sites for hydroxylation is 1. The number of hydrogen-bond acceptors (Lipinski definition) is 3. The molecule has 0 saturated carbocycles. The lowest BCUT2D eigenvalue weighted by Crippen LogP contribution is -2.47. The predicted octanol–water partition coefficient (Wildman–Crippen LogP) is 0.426. The smallest absolute Gasteiger partial charge is 0.317 e. The number of nitrogens with one attached hydrogen (secondary N) is 1. The first kappa shape index (κ1) is 13.4. The average Bonchev–Trinajstić information content (AvgIpc) is 2.81. The monoisotopic (exact) mass is 266 g/mol. The first-order chi connectivity index (χ1) is 9.08. The topological polar surface area (TPSA) is 87.5 Å². The van der Waals surface area contributed by atoms with Crippen LogP contribution in [0.3, 0.4) is 0 Å². The van der Waals surface area contributed by atoms with Gasteiger partial charge in [0.05, 0.1) is 12.5 Å². The van der Waals surface area contributed by atoms with Crippen LogP contribution in [-0.2, 0) is 18.4 Å². The largest absolute Gasteiger partial charge is 0.481 e. The van der Waals surface area contributed by atoms with Gasteiger partial charge in [0.1, 0.15) is 5.82 Å². The number of aliphatic carboxylic acids is 1. The standard InChI is InChI=1S/C12H18N4O3/c1-15-6-4-13-10(15)7-14-12(19)16-5-2-3-9(8-16)11(17)18/h4,6,9H,2-3,5,7-8H2,1H3,(H,14,19)(H,17,18)/t9-/m1/s1. The third-order valence-electron chi connectivity index (χ3n) is 3.38. The minimum Gasteiger partial charge on any atom is -0.481 e. The summed E-state index contributed by atoms with van der Waals surface area (Å²) in [6.07, 6.45) is 4.84. The second-order valence-electron chi connectivity index (χ2n) is 4.74. The lowest BCUT2D eigenvalue weighted by molar-refractivity contribution is -0.143. The van der Waals surface area contributed by atoms with Crippen molar-refractivity contribution in [2.45, 2.75) is 19.4 Å². The molecular formula is C12H18N4O3. The molecule has 0 spiro atoms. The molecule has 1 atom stereocenters. The molecule has 0 radical (unpaired) electrons. The van der Waals surface area contributed by atoms with E-state index in [1.165, 1.54) is 0 Å². The maximum absolute atomic E-state index is 12.0. The van der Waals surface area contributed by atoms with Gasteiger partial charge < -0.3 is 19.9 Å². The molecule has 0 unspecified atom stereocenters. The van der Waals surface area contributed by atoms with E-state index in [0.717, 1.165) is 12.2 Å². The number of aromatic nitrogens is 2. The number of hydrogen-bond donors (Lipinski definition) is 2. The Balaban J connectivity index is 1.86. The van der Waals surface area contributed by atoms with Crippen LogP contribution in [0.25, 0.3) is 0 Å². The van der Waals surface area contributed by atoms with Crippen LogP contribution in [0.2, 0.25) is 0 Å². The van der Waals surface area contributed by atoms with Crippen molar-refractivity contribution in [2.24, 2.45) is 13.0 Å². The first-order valence-electron chi connectivity index (χ1n) is 6.29. The van der Waals surface area contributed by atoms with Gasteiger partial charge in [0.15, 0.2) is 0 Å². The molecule has 2 heterocycles. The van der Waals surface area contributed by atoms with Crippen molar-refractivity contribution in [1.82, 2.24) is 19.8 Å². The van der Waals surface area contributed by atoms with Gasteiger partial charge in [0.2, 0.25) is 0 Å². The molecule has 2 rings (SSSR count). The average molecular weight is 266 g/mol. The summed E-state index contributed by atoms with van der Waals surface area (Å²) in [5, 5.41) is 11.7. The Morgan fingerprint density at radius 3 is 3.00 bits per heavy atom. The van der Waals surface area contributed by atoms with E-state index in [0.29, 0.717) is 19.5 Å². The molecule has 1 aromatic heterocycles. The van der Waals surface area contributed by atoms with Crippen LogP contribution in [0.15, 0.2) is 12.4 Å². The van der Waals surface area contributed by atoms with Crippen LogP contribution in [0.4, 0.5) is 4.79 Å². The summed E-state index contributed by atoms with van der Waals surface area (Å²) in [7, 11) is 1.86. The van der Waals surface area contributed by atoms with E-state index in [1.807, 2.05) is 17.8 Å². The Morgan fingerprint density at radius 2 is 2.37 bits per heavy atom. The van der Waals surface area contributed by atoms with Gasteiger partial charge in [-0.25, -0.2) is 9.78 Å². The van der Waals surface area contributed by atoms with E-state index in [1.54, 1.807) is 11.1 Å². The first-order valence-corrected chi connectivity index (χ1v) is 6.29. The van der Waals surface area contributed by atoms with Crippen molar-refractivity contribution in [3.63, 3.8) is 0 Å². The van der Waals surface area contributed by atoms with Gasteiger partial charge in [-0.1, -0.05) is 0 Å². The normalized spacial score (nSPS) is 19.2. The van der Waals surface area contributed by atoms with E-state index in [2.05, 4.69) is 10.3 Å². The lowest BCUT2D eigenvalue weighted by atomic mass is 9.99. The SMILES string of the molecule is Cn1ccnc1CNC(=O)N1CCC[C@@H](C(=O)O)C1. The number of carboxylic acids is 1. The number of urea groups is 1. The minimum absolute atomic E-state index is 0.228. The number of carbonyl (C=O) groups excluding carboxylic acids is 1. The molecule has 1 aromatic rings. The van der Waals surface area contributed by atoms with Crippen LogP contribution < -0.4 is 5.32 Å². The molecule has 1 aliphatic rings. The Morgan fingerprint density at radius 1 is 1.58 bits per heavy atom. The number of nitrogens with zero attached hydrogens (tertiary/aromatic N) is 3. The fourth-order valence-corrected chi connectivity index (χ4v) is 2.20. The molecule has 1 fully saturated rings. The van der Waals surface area contributed by atoms with Gasteiger partial charge in [0.25, 0.3) is 0 Å². The van der Waals surface area contributed by atoms with Crippen LogP contribution in [-0.4, -0.2) is 44.6 Å². The lowest BCUT2D eigenvalue weighted by Gasteiger charge is -2.30. The maximum Gasteiger partial charge on any atom is 0.317 e. The Hall–Kier alpha value is -2.05. The third-order valence-corrected chi connectivity index (χ3v) is 3.38. The van der Waals surface area contributed by atoms with E-state index < -0.39 is 11.9 Å². The zero-order chi connectivity index (χ0) is 13.8.